The summed E-state index contributed by atoms with van der Waals surface area (Å²) in [5.74, 6) is 0.789. The van der Waals surface area contributed by atoms with Gasteiger partial charge in [0.2, 0.25) is 0 Å². The molecule has 7 nitrogen and oxygen atoms in total. The first kappa shape index (κ1) is 17.0. The largest absolute Gasteiger partial charge is 0.383 e. The molecule has 23 heavy (non-hydrogen) atoms. The van der Waals surface area contributed by atoms with E-state index >= 15 is 0 Å². The van der Waals surface area contributed by atoms with Crippen LogP contribution in [-0.2, 0) is 11.3 Å². The van der Waals surface area contributed by atoms with Crippen molar-refractivity contribution in [2.24, 2.45) is 4.99 Å². The summed E-state index contributed by atoms with van der Waals surface area (Å²) in [4.78, 5) is 8.55. The maximum atomic E-state index is 5.14. The van der Waals surface area contributed by atoms with E-state index in [1.54, 1.807) is 18.1 Å². The summed E-state index contributed by atoms with van der Waals surface area (Å²) in [5.41, 5.74) is 2.11. The van der Waals surface area contributed by atoms with Crippen LogP contribution in [0.1, 0.15) is 19.4 Å². The van der Waals surface area contributed by atoms with Crippen molar-refractivity contribution >= 4 is 5.96 Å². The van der Waals surface area contributed by atoms with E-state index in [4.69, 9.17) is 4.74 Å². The molecule has 7 heteroatoms. The van der Waals surface area contributed by atoms with Crippen LogP contribution in [0.3, 0.4) is 0 Å². The summed E-state index contributed by atoms with van der Waals surface area (Å²) in [5, 5.41) is 10.7. The molecule has 0 spiro atoms. The number of ether oxygens (including phenoxy) is 1. The van der Waals surface area contributed by atoms with Crippen LogP contribution < -0.4 is 10.6 Å². The fourth-order valence-electron chi connectivity index (χ4n) is 2.11. The van der Waals surface area contributed by atoms with Crippen molar-refractivity contribution in [3.8, 4) is 5.69 Å². The highest BCUT2D eigenvalue weighted by Gasteiger charge is 2.04. The summed E-state index contributed by atoms with van der Waals surface area (Å²) in [6.45, 7) is 6.16. The zero-order valence-corrected chi connectivity index (χ0v) is 13.9. The molecule has 0 radical (unpaired) electrons. The Kier molecular flexibility index (Phi) is 6.56. The summed E-state index contributed by atoms with van der Waals surface area (Å²) in [6.07, 6.45) is 3.20. The predicted octanol–water partition coefficient (Wildman–Crippen LogP) is 1.36. The topological polar surface area (TPSA) is 76.4 Å². The number of nitrogens with one attached hydrogen (secondary N) is 2. The average molecular weight is 316 g/mol. The Balaban J connectivity index is 1.98. The molecule has 0 fully saturated rings. The van der Waals surface area contributed by atoms with E-state index in [1.165, 1.54) is 6.33 Å². The zero-order valence-electron chi connectivity index (χ0n) is 13.9. The maximum absolute atomic E-state index is 5.14. The first-order chi connectivity index (χ1) is 11.2. The van der Waals surface area contributed by atoms with Crippen LogP contribution in [0.5, 0.6) is 0 Å². The van der Waals surface area contributed by atoms with Crippen molar-refractivity contribution in [1.82, 2.24) is 25.4 Å². The molecule has 0 bridgehead atoms. The molecule has 0 aliphatic rings. The van der Waals surface area contributed by atoms with Crippen LogP contribution in [0.15, 0.2) is 41.9 Å². The third kappa shape index (κ3) is 5.37. The number of guanidine groups is 1. The van der Waals surface area contributed by atoms with Crippen molar-refractivity contribution < 1.29 is 4.74 Å². The molecule has 1 aromatic heterocycles. The minimum absolute atomic E-state index is 0.201. The first-order valence-electron chi connectivity index (χ1n) is 7.70. The summed E-state index contributed by atoms with van der Waals surface area (Å²) < 4.78 is 6.86. The molecule has 0 aliphatic heterocycles. The molecule has 0 saturated carbocycles. The normalized spacial score (nSPS) is 12.9. The number of aromatic nitrogens is 3. The van der Waals surface area contributed by atoms with Gasteiger partial charge >= 0.3 is 0 Å². The third-order valence-electron chi connectivity index (χ3n) is 3.18. The van der Waals surface area contributed by atoms with Gasteiger partial charge in [-0.1, -0.05) is 12.1 Å². The second-order valence-corrected chi connectivity index (χ2v) is 5.20. The average Bonchev–Trinajstić information content (AvgIpc) is 3.08. The molecule has 0 aliphatic carbocycles. The Morgan fingerprint density at radius 2 is 2.13 bits per heavy atom. The van der Waals surface area contributed by atoms with Gasteiger partial charge < -0.3 is 15.4 Å². The van der Waals surface area contributed by atoms with E-state index in [1.807, 2.05) is 31.2 Å². The zero-order chi connectivity index (χ0) is 16.5. The van der Waals surface area contributed by atoms with Crippen LogP contribution in [-0.4, -0.2) is 47.0 Å². The van der Waals surface area contributed by atoms with Crippen molar-refractivity contribution in [1.29, 1.82) is 0 Å². The quantitative estimate of drug-likeness (QED) is 0.596. The van der Waals surface area contributed by atoms with Crippen molar-refractivity contribution in [3.05, 3.63) is 42.5 Å². The monoisotopic (exact) mass is 316 g/mol. The van der Waals surface area contributed by atoms with Crippen LogP contribution in [0, 0.1) is 0 Å². The molecule has 0 saturated heterocycles. The van der Waals surface area contributed by atoms with Crippen molar-refractivity contribution in [2.45, 2.75) is 26.4 Å². The number of rotatable bonds is 7. The van der Waals surface area contributed by atoms with E-state index in [0.717, 1.165) is 23.8 Å². The highest BCUT2D eigenvalue weighted by molar-refractivity contribution is 5.80. The minimum Gasteiger partial charge on any atom is -0.383 e. The van der Waals surface area contributed by atoms with Crippen LogP contribution in [0.25, 0.3) is 5.69 Å². The van der Waals surface area contributed by atoms with Gasteiger partial charge in [-0.15, -0.1) is 0 Å². The number of benzene rings is 1. The lowest BCUT2D eigenvalue weighted by molar-refractivity contribution is 0.179. The highest BCUT2D eigenvalue weighted by atomic mass is 16.5. The molecular formula is C16H24N6O. The third-order valence-corrected chi connectivity index (χ3v) is 3.18. The van der Waals surface area contributed by atoms with E-state index in [0.29, 0.717) is 13.2 Å². The molecule has 1 atom stereocenters. The van der Waals surface area contributed by atoms with Gasteiger partial charge in [0.15, 0.2) is 5.96 Å². The van der Waals surface area contributed by atoms with E-state index < -0.39 is 0 Å². The van der Waals surface area contributed by atoms with E-state index in [-0.39, 0.29) is 6.04 Å². The lowest BCUT2D eigenvalue weighted by Gasteiger charge is -2.17. The van der Waals surface area contributed by atoms with Crippen molar-refractivity contribution in [2.75, 3.05) is 20.3 Å². The molecular weight excluding hydrogens is 292 g/mol. The summed E-state index contributed by atoms with van der Waals surface area (Å²) >= 11 is 0. The van der Waals surface area contributed by atoms with Gasteiger partial charge in [0.05, 0.1) is 18.8 Å². The second-order valence-electron chi connectivity index (χ2n) is 5.20. The van der Waals surface area contributed by atoms with Crippen LogP contribution >= 0.6 is 0 Å². The van der Waals surface area contributed by atoms with E-state index in [2.05, 4.69) is 32.6 Å². The molecule has 2 N–H and O–H groups in total. The van der Waals surface area contributed by atoms with Gasteiger partial charge in [-0.05, 0) is 31.5 Å². The SMILES string of the molecule is CCNC(=NCc1ccc(-n2cncn2)cc1)NC(C)COC. The van der Waals surface area contributed by atoms with Crippen molar-refractivity contribution in [3.63, 3.8) is 0 Å². The number of aliphatic imine (C=N–C) groups is 1. The lowest BCUT2D eigenvalue weighted by Crippen LogP contribution is -2.43. The Morgan fingerprint density at radius 3 is 2.74 bits per heavy atom. The Bertz CT molecular complexity index is 594. The molecule has 1 heterocycles. The standard InChI is InChI=1S/C16H24N6O/c1-4-18-16(21-13(2)10-23-3)19-9-14-5-7-15(8-6-14)22-12-17-11-20-22/h5-8,11-13H,4,9-10H2,1-3H3,(H2,18,19,21). The number of hydrogen-bond donors (Lipinski definition) is 2. The van der Waals surface area contributed by atoms with Gasteiger partial charge in [-0.2, -0.15) is 5.10 Å². The van der Waals surface area contributed by atoms with Crippen LogP contribution in [0.4, 0.5) is 0 Å². The summed E-state index contributed by atoms with van der Waals surface area (Å²) in [7, 11) is 1.69. The molecule has 1 aromatic carbocycles. The Labute approximate surface area is 136 Å². The van der Waals surface area contributed by atoms with Gasteiger partial charge in [-0.25, -0.2) is 14.7 Å². The smallest absolute Gasteiger partial charge is 0.191 e. The van der Waals surface area contributed by atoms with E-state index in [9.17, 15) is 0 Å². The molecule has 1 unspecified atom stereocenters. The second kappa shape index (κ2) is 8.89. The molecule has 124 valence electrons. The molecule has 0 amide bonds. The first-order valence-corrected chi connectivity index (χ1v) is 7.70. The number of methoxy groups -OCH3 is 1. The summed E-state index contributed by atoms with van der Waals surface area (Å²) in [6, 6.07) is 8.30. The van der Waals surface area contributed by atoms with Crippen LogP contribution in [0.2, 0.25) is 0 Å². The van der Waals surface area contributed by atoms with Gasteiger partial charge in [0, 0.05) is 19.7 Å². The van der Waals surface area contributed by atoms with Gasteiger partial charge in [0.1, 0.15) is 12.7 Å². The number of hydrogen-bond acceptors (Lipinski definition) is 4. The molecule has 2 rings (SSSR count). The Morgan fingerprint density at radius 1 is 1.35 bits per heavy atom. The number of nitrogens with zero attached hydrogens (tertiary/aromatic N) is 4. The molecule has 2 aromatic rings. The fraction of sp³-hybridized carbons (Fsp3) is 0.438. The maximum Gasteiger partial charge on any atom is 0.191 e. The van der Waals surface area contributed by atoms with Gasteiger partial charge in [0.25, 0.3) is 0 Å². The lowest BCUT2D eigenvalue weighted by atomic mass is 10.2. The predicted molar refractivity (Wildman–Crippen MR) is 90.6 cm³/mol. The highest BCUT2D eigenvalue weighted by Crippen LogP contribution is 2.08. The Hall–Kier alpha value is -2.41. The minimum atomic E-state index is 0.201. The fourth-order valence-corrected chi connectivity index (χ4v) is 2.11. The van der Waals surface area contributed by atoms with Gasteiger partial charge in [-0.3, -0.25) is 0 Å².